The summed E-state index contributed by atoms with van der Waals surface area (Å²) in [5.41, 5.74) is 0.649. The smallest absolute Gasteiger partial charge is 0.331 e. The molecule has 32 heavy (non-hydrogen) atoms. The maximum Gasteiger partial charge on any atom is 0.331 e. The minimum absolute atomic E-state index is 0.00553. The van der Waals surface area contributed by atoms with Gasteiger partial charge < -0.3 is 14.6 Å². The average molecular weight is 445 g/mol. The van der Waals surface area contributed by atoms with E-state index in [9.17, 15) is 14.7 Å². The lowest BCUT2D eigenvalue weighted by molar-refractivity contribution is -0.258. The number of ether oxygens (including phenoxy) is 2. The zero-order chi connectivity index (χ0) is 23.3. The monoisotopic (exact) mass is 444 g/mol. The van der Waals surface area contributed by atoms with Crippen molar-refractivity contribution in [3.63, 3.8) is 0 Å². The Morgan fingerprint density at radius 3 is 2.41 bits per heavy atom. The van der Waals surface area contributed by atoms with Crippen molar-refractivity contribution in [2.45, 2.75) is 105 Å². The maximum atomic E-state index is 12.3. The SMILES string of the molecule is CC(=O)O[C@@H]1C[C@@H]2[C@@]3(C)CCCC(C)(C)[C@@H]3CC[C@@]2(C)[C@@H]2C[C@H](O)C3=CC(=O)O[C@@H]3[C@@]12C. The fourth-order valence-electron chi connectivity index (χ4n) is 9.84. The highest BCUT2D eigenvalue weighted by atomic mass is 16.6. The van der Waals surface area contributed by atoms with Crippen LogP contribution in [-0.2, 0) is 19.1 Å². The quantitative estimate of drug-likeness (QED) is 0.588. The van der Waals surface area contributed by atoms with Crippen LogP contribution in [0.2, 0.25) is 0 Å². The number of hydrogen-bond donors (Lipinski definition) is 1. The highest BCUT2D eigenvalue weighted by Gasteiger charge is 2.71. The molecule has 178 valence electrons. The second-order valence-corrected chi connectivity index (χ2v) is 13.0. The number of hydrogen-bond acceptors (Lipinski definition) is 5. The van der Waals surface area contributed by atoms with Crippen molar-refractivity contribution >= 4 is 11.9 Å². The van der Waals surface area contributed by atoms with Gasteiger partial charge in [-0.15, -0.1) is 0 Å². The van der Waals surface area contributed by atoms with Crippen molar-refractivity contribution in [3.05, 3.63) is 11.6 Å². The molecule has 0 saturated heterocycles. The molecule has 1 heterocycles. The average Bonchev–Trinajstić information content (AvgIpc) is 3.08. The molecule has 1 N–H and O–H groups in total. The van der Waals surface area contributed by atoms with Gasteiger partial charge in [-0.25, -0.2) is 4.79 Å². The summed E-state index contributed by atoms with van der Waals surface area (Å²) in [4.78, 5) is 24.5. The van der Waals surface area contributed by atoms with Crippen LogP contribution in [0.1, 0.15) is 86.5 Å². The lowest BCUT2D eigenvalue weighted by Gasteiger charge is -2.70. The van der Waals surface area contributed by atoms with E-state index in [1.165, 1.54) is 38.7 Å². The standard InChI is InChI=1S/C27H40O5/c1-15(28)31-21-14-19-25(4)10-7-9-24(2,3)18(25)8-11-26(19,5)20-13-17(29)16-12-22(30)32-23(16)27(20,21)6/h12,17-21,23,29H,7-11,13-14H2,1-6H3/t17-,18-,19+,20-,21+,23-,25-,26+,27+/m0/s1. The van der Waals surface area contributed by atoms with Crippen LogP contribution >= 0.6 is 0 Å². The first-order valence-corrected chi connectivity index (χ1v) is 12.6. The van der Waals surface area contributed by atoms with Crippen LogP contribution in [0.4, 0.5) is 0 Å². The molecule has 0 spiro atoms. The summed E-state index contributed by atoms with van der Waals surface area (Å²) < 4.78 is 11.9. The van der Waals surface area contributed by atoms with Crippen molar-refractivity contribution in [3.8, 4) is 0 Å². The summed E-state index contributed by atoms with van der Waals surface area (Å²) in [6.45, 7) is 13.4. The van der Waals surface area contributed by atoms with E-state index in [1.54, 1.807) is 0 Å². The van der Waals surface area contributed by atoms with E-state index in [4.69, 9.17) is 9.47 Å². The second kappa shape index (κ2) is 6.84. The first-order valence-electron chi connectivity index (χ1n) is 12.6. The van der Waals surface area contributed by atoms with Crippen LogP contribution in [-0.4, -0.2) is 35.4 Å². The summed E-state index contributed by atoms with van der Waals surface area (Å²) in [5, 5.41) is 11.1. The number of aliphatic hydroxyl groups is 1. The lowest BCUT2D eigenvalue weighted by atomic mass is 9.35. The number of esters is 2. The van der Waals surface area contributed by atoms with Gasteiger partial charge in [0.25, 0.3) is 0 Å². The van der Waals surface area contributed by atoms with Gasteiger partial charge in [0.15, 0.2) is 0 Å². The summed E-state index contributed by atoms with van der Waals surface area (Å²) in [6.07, 6.45) is 7.40. The molecule has 1 aliphatic heterocycles. The number of carbonyl (C=O) groups is 2. The van der Waals surface area contributed by atoms with Crippen LogP contribution in [0.15, 0.2) is 11.6 Å². The van der Waals surface area contributed by atoms with Gasteiger partial charge in [-0.3, -0.25) is 4.79 Å². The van der Waals surface area contributed by atoms with Gasteiger partial charge in [0, 0.05) is 24.0 Å². The number of aliphatic hydroxyl groups excluding tert-OH is 1. The molecule has 4 aliphatic carbocycles. The predicted molar refractivity (Wildman–Crippen MR) is 120 cm³/mol. The molecule has 9 atom stereocenters. The molecule has 5 nitrogen and oxygen atoms in total. The van der Waals surface area contributed by atoms with Crippen LogP contribution in [0.3, 0.4) is 0 Å². The van der Waals surface area contributed by atoms with E-state index < -0.39 is 17.6 Å². The van der Waals surface area contributed by atoms with Crippen LogP contribution in [0.5, 0.6) is 0 Å². The van der Waals surface area contributed by atoms with Crippen molar-refractivity contribution < 1.29 is 24.2 Å². The Morgan fingerprint density at radius 2 is 1.72 bits per heavy atom. The molecule has 4 saturated carbocycles. The normalized spacial score (nSPS) is 51.3. The highest BCUT2D eigenvalue weighted by molar-refractivity contribution is 5.86. The number of fused-ring (bicyclic) bond motifs is 7. The van der Waals surface area contributed by atoms with Crippen molar-refractivity contribution in [1.29, 1.82) is 0 Å². The van der Waals surface area contributed by atoms with Gasteiger partial charge >= 0.3 is 11.9 Å². The first kappa shape index (κ1) is 22.4. The van der Waals surface area contributed by atoms with E-state index in [-0.39, 0.29) is 34.8 Å². The van der Waals surface area contributed by atoms with Gasteiger partial charge in [-0.05, 0) is 72.5 Å². The van der Waals surface area contributed by atoms with E-state index in [0.29, 0.717) is 29.2 Å². The Labute approximate surface area is 192 Å². The van der Waals surface area contributed by atoms with Gasteiger partial charge in [0.2, 0.25) is 0 Å². The zero-order valence-corrected chi connectivity index (χ0v) is 20.6. The van der Waals surface area contributed by atoms with Gasteiger partial charge in [-0.2, -0.15) is 0 Å². The molecular weight excluding hydrogens is 404 g/mol. The Morgan fingerprint density at radius 1 is 1.03 bits per heavy atom. The Bertz CT molecular complexity index is 875. The summed E-state index contributed by atoms with van der Waals surface area (Å²) in [5.74, 6) is 0.512. The minimum atomic E-state index is -0.675. The van der Waals surface area contributed by atoms with Gasteiger partial charge in [0.1, 0.15) is 12.2 Å². The highest BCUT2D eigenvalue weighted by Crippen LogP contribution is 2.73. The number of rotatable bonds is 1. The Hall–Kier alpha value is -1.36. The minimum Gasteiger partial charge on any atom is -0.462 e. The first-order chi connectivity index (χ1) is 14.8. The molecular formula is C27H40O5. The van der Waals surface area contributed by atoms with Gasteiger partial charge in [-0.1, -0.05) is 41.0 Å². The number of carbonyl (C=O) groups excluding carboxylic acids is 2. The van der Waals surface area contributed by atoms with Crippen LogP contribution in [0.25, 0.3) is 0 Å². The fourth-order valence-corrected chi connectivity index (χ4v) is 9.84. The zero-order valence-electron chi connectivity index (χ0n) is 20.6. The topological polar surface area (TPSA) is 72.8 Å². The van der Waals surface area contributed by atoms with Crippen molar-refractivity contribution in [2.24, 2.45) is 39.4 Å². The third kappa shape index (κ3) is 2.78. The molecule has 0 amide bonds. The molecule has 0 unspecified atom stereocenters. The summed E-state index contributed by atoms with van der Waals surface area (Å²) in [6, 6.07) is 0. The Kier molecular flexibility index (Phi) is 4.79. The lowest BCUT2D eigenvalue weighted by Crippen LogP contribution is -2.69. The molecule has 5 aliphatic rings. The van der Waals surface area contributed by atoms with Crippen molar-refractivity contribution in [1.82, 2.24) is 0 Å². The predicted octanol–water partition coefficient (Wildman–Crippen LogP) is 4.81. The van der Waals surface area contributed by atoms with Crippen LogP contribution in [0, 0.1) is 39.4 Å². The molecule has 5 heteroatoms. The van der Waals surface area contributed by atoms with E-state index >= 15 is 0 Å². The maximum absolute atomic E-state index is 12.3. The molecule has 5 rings (SSSR count). The molecule has 0 aromatic heterocycles. The van der Waals surface area contributed by atoms with Gasteiger partial charge in [0.05, 0.1) is 6.10 Å². The molecule has 0 radical (unpaired) electrons. The third-order valence-corrected chi connectivity index (χ3v) is 11.1. The Balaban J connectivity index is 1.63. The van der Waals surface area contributed by atoms with Crippen LogP contribution < -0.4 is 0 Å². The molecule has 4 fully saturated rings. The molecule has 0 aromatic carbocycles. The summed E-state index contributed by atoms with van der Waals surface area (Å²) >= 11 is 0. The molecule has 0 aromatic rings. The van der Waals surface area contributed by atoms with Crippen molar-refractivity contribution in [2.75, 3.05) is 0 Å². The van der Waals surface area contributed by atoms with E-state index in [2.05, 4.69) is 34.6 Å². The third-order valence-electron chi connectivity index (χ3n) is 11.1. The second-order valence-electron chi connectivity index (χ2n) is 13.0. The van der Waals surface area contributed by atoms with E-state index in [0.717, 1.165) is 12.8 Å². The van der Waals surface area contributed by atoms with E-state index in [1.807, 2.05) is 0 Å². The molecule has 0 bridgehead atoms. The summed E-state index contributed by atoms with van der Waals surface area (Å²) in [7, 11) is 0. The largest absolute Gasteiger partial charge is 0.462 e. The fraction of sp³-hybridized carbons (Fsp3) is 0.852.